The number of nitrogens with one attached hydrogen (secondary N) is 1. The van der Waals surface area contributed by atoms with Crippen molar-refractivity contribution in [2.45, 2.75) is 142 Å². The van der Waals surface area contributed by atoms with Crippen molar-refractivity contribution < 1.29 is 9.90 Å². The van der Waals surface area contributed by atoms with E-state index in [4.69, 9.17) is 5.11 Å². The average Bonchev–Trinajstić information content (AvgIpc) is 2.65. The highest BCUT2D eigenvalue weighted by atomic mass is 16.4. The zero-order valence-corrected chi connectivity index (χ0v) is 19.3. The van der Waals surface area contributed by atoms with Crippen molar-refractivity contribution in [2.24, 2.45) is 5.92 Å². The van der Waals surface area contributed by atoms with Crippen LogP contribution in [0.3, 0.4) is 0 Å². The Morgan fingerprint density at radius 1 is 0.571 bits per heavy atom. The molecule has 0 aromatic carbocycles. The van der Waals surface area contributed by atoms with Crippen LogP contribution >= 0.6 is 0 Å². The summed E-state index contributed by atoms with van der Waals surface area (Å²) in [5, 5.41) is 10.9. The minimum Gasteiger partial charge on any atom is -0.465 e. The molecule has 0 fully saturated rings. The van der Waals surface area contributed by atoms with Crippen LogP contribution in [0.25, 0.3) is 0 Å². The molecule has 0 aromatic rings. The molecule has 0 heterocycles. The Hall–Kier alpha value is -0.730. The second kappa shape index (κ2) is 22.6. The molecule has 1 amide bonds. The van der Waals surface area contributed by atoms with Crippen LogP contribution in [-0.4, -0.2) is 17.7 Å². The number of unbranched alkanes of at least 4 members (excludes halogenated alkanes) is 18. The van der Waals surface area contributed by atoms with Gasteiger partial charge in [-0.15, -0.1) is 0 Å². The van der Waals surface area contributed by atoms with Crippen LogP contribution in [0.4, 0.5) is 4.79 Å². The van der Waals surface area contributed by atoms with Crippen LogP contribution in [0.5, 0.6) is 0 Å². The molecule has 0 aliphatic carbocycles. The number of amides is 1. The summed E-state index contributed by atoms with van der Waals surface area (Å²) in [6.07, 6.45) is 26.7. The Kier molecular flexibility index (Phi) is 22.0. The highest BCUT2D eigenvalue weighted by Gasteiger charge is 1.97. The Balaban J connectivity index is 3.00. The van der Waals surface area contributed by atoms with Gasteiger partial charge in [-0.05, 0) is 12.3 Å². The molecule has 2 N–H and O–H groups in total. The predicted octanol–water partition coefficient (Wildman–Crippen LogP) is 8.71. The van der Waals surface area contributed by atoms with E-state index in [9.17, 15) is 4.79 Å². The van der Waals surface area contributed by atoms with Crippen LogP contribution < -0.4 is 5.32 Å². The lowest BCUT2D eigenvalue weighted by Crippen LogP contribution is -2.21. The Morgan fingerprint density at radius 2 is 0.857 bits per heavy atom. The summed E-state index contributed by atoms with van der Waals surface area (Å²) in [6, 6.07) is 0. The third-order valence-corrected chi connectivity index (χ3v) is 5.73. The van der Waals surface area contributed by atoms with Crippen molar-refractivity contribution >= 4 is 6.09 Å². The van der Waals surface area contributed by atoms with Gasteiger partial charge in [-0.1, -0.05) is 136 Å². The standard InChI is InChI=1S/C25H51NO2/c1-24(2)22-20-18-16-14-12-10-8-6-4-3-5-7-9-11-13-15-17-19-21-23-26-25(27)28/h24,26H,3-23H2,1-2H3,(H,27,28). The van der Waals surface area contributed by atoms with Gasteiger partial charge < -0.3 is 10.4 Å². The van der Waals surface area contributed by atoms with Gasteiger partial charge in [-0.3, -0.25) is 0 Å². The summed E-state index contributed by atoms with van der Waals surface area (Å²) < 4.78 is 0. The van der Waals surface area contributed by atoms with Crippen LogP contribution in [0.1, 0.15) is 142 Å². The fourth-order valence-electron chi connectivity index (χ4n) is 3.88. The maximum absolute atomic E-state index is 10.3. The van der Waals surface area contributed by atoms with Gasteiger partial charge in [0.25, 0.3) is 0 Å². The van der Waals surface area contributed by atoms with E-state index in [0.29, 0.717) is 6.54 Å². The lowest BCUT2D eigenvalue weighted by atomic mass is 10.0. The van der Waals surface area contributed by atoms with Gasteiger partial charge in [0, 0.05) is 6.54 Å². The Labute approximate surface area is 176 Å². The molecule has 28 heavy (non-hydrogen) atoms. The second-order valence-corrected chi connectivity index (χ2v) is 9.13. The highest BCUT2D eigenvalue weighted by molar-refractivity contribution is 5.64. The maximum Gasteiger partial charge on any atom is 0.404 e. The molecule has 0 spiro atoms. The summed E-state index contributed by atoms with van der Waals surface area (Å²) >= 11 is 0. The van der Waals surface area contributed by atoms with Crippen LogP contribution in [0, 0.1) is 5.92 Å². The molecule has 0 unspecified atom stereocenters. The van der Waals surface area contributed by atoms with Crippen molar-refractivity contribution in [1.82, 2.24) is 5.32 Å². The molecule has 0 aromatic heterocycles. The molecule has 3 nitrogen and oxygen atoms in total. The number of hydrogen-bond acceptors (Lipinski definition) is 1. The minimum absolute atomic E-state index is 0.605. The van der Waals surface area contributed by atoms with Crippen molar-refractivity contribution in [3.05, 3.63) is 0 Å². The first-order valence-corrected chi connectivity index (χ1v) is 12.6. The van der Waals surface area contributed by atoms with Gasteiger partial charge in [0.15, 0.2) is 0 Å². The Morgan fingerprint density at radius 3 is 1.14 bits per heavy atom. The van der Waals surface area contributed by atoms with E-state index in [-0.39, 0.29) is 0 Å². The van der Waals surface area contributed by atoms with E-state index in [1.807, 2.05) is 0 Å². The third-order valence-electron chi connectivity index (χ3n) is 5.73. The molecule has 0 rings (SSSR count). The zero-order chi connectivity index (χ0) is 20.7. The van der Waals surface area contributed by atoms with Gasteiger partial charge in [0.2, 0.25) is 0 Å². The van der Waals surface area contributed by atoms with Gasteiger partial charge in [0.05, 0.1) is 0 Å². The molecular weight excluding hydrogens is 346 g/mol. The highest BCUT2D eigenvalue weighted by Crippen LogP contribution is 2.15. The van der Waals surface area contributed by atoms with E-state index in [0.717, 1.165) is 18.8 Å². The number of rotatable bonds is 22. The fraction of sp³-hybridized carbons (Fsp3) is 0.960. The van der Waals surface area contributed by atoms with E-state index in [1.165, 1.54) is 116 Å². The monoisotopic (exact) mass is 397 g/mol. The first-order chi connectivity index (χ1) is 13.6. The molecule has 0 saturated carbocycles. The summed E-state index contributed by atoms with van der Waals surface area (Å²) in [6.45, 7) is 5.26. The minimum atomic E-state index is -0.900. The van der Waals surface area contributed by atoms with E-state index >= 15 is 0 Å². The summed E-state index contributed by atoms with van der Waals surface area (Å²) in [4.78, 5) is 10.3. The summed E-state index contributed by atoms with van der Waals surface area (Å²) in [7, 11) is 0. The van der Waals surface area contributed by atoms with Crippen LogP contribution in [-0.2, 0) is 0 Å². The van der Waals surface area contributed by atoms with Crippen LogP contribution in [0.2, 0.25) is 0 Å². The number of carboxylic acid groups (broad SMARTS) is 1. The maximum atomic E-state index is 10.3. The lowest BCUT2D eigenvalue weighted by molar-refractivity contribution is 0.194. The van der Waals surface area contributed by atoms with E-state index in [1.54, 1.807) is 0 Å². The van der Waals surface area contributed by atoms with Gasteiger partial charge in [0.1, 0.15) is 0 Å². The molecule has 0 atom stereocenters. The van der Waals surface area contributed by atoms with Crippen molar-refractivity contribution in [3.63, 3.8) is 0 Å². The summed E-state index contributed by atoms with van der Waals surface area (Å²) in [5.74, 6) is 0.881. The molecule has 168 valence electrons. The van der Waals surface area contributed by atoms with Crippen molar-refractivity contribution in [1.29, 1.82) is 0 Å². The SMILES string of the molecule is CC(C)CCCCCCCCCCCCCCCCCCCCCNC(=O)O. The Bertz CT molecular complexity index is 318. The van der Waals surface area contributed by atoms with Crippen LogP contribution in [0.15, 0.2) is 0 Å². The van der Waals surface area contributed by atoms with Gasteiger partial charge in [-0.25, -0.2) is 4.79 Å². The van der Waals surface area contributed by atoms with Crippen molar-refractivity contribution in [3.8, 4) is 0 Å². The molecule has 0 aliphatic rings. The quantitative estimate of drug-likeness (QED) is 0.179. The van der Waals surface area contributed by atoms with Crippen molar-refractivity contribution in [2.75, 3.05) is 6.54 Å². The lowest BCUT2D eigenvalue weighted by Gasteiger charge is -2.05. The first kappa shape index (κ1) is 27.3. The molecule has 3 heteroatoms. The van der Waals surface area contributed by atoms with Gasteiger partial charge >= 0.3 is 6.09 Å². The fourth-order valence-corrected chi connectivity index (χ4v) is 3.88. The molecular formula is C25H51NO2. The molecule has 0 saturated heterocycles. The average molecular weight is 398 g/mol. The second-order valence-electron chi connectivity index (χ2n) is 9.13. The normalized spacial score (nSPS) is 11.2. The third kappa shape index (κ3) is 25.3. The van der Waals surface area contributed by atoms with E-state index < -0.39 is 6.09 Å². The topological polar surface area (TPSA) is 49.3 Å². The summed E-state index contributed by atoms with van der Waals surface area (Å²) in [5.41, 5.74) is 0. The zero-order valence-electron chi connectivity index (χ0n) is 19.3. The van der Waals surface area contributed by atoms with Gasteiger partial charge in [-0.2, -0.15) is 0 Å². The predicted molar refractivity (Wildman–Crippen MR) is 123 cm³/mol. The number of carbonyl (C=O) groups is 1. The first-order valence-electron chi connectivity index (χ1n) is 12.6. The molecule has 0 aliphatic heterocycles. The smallest absolute Gasteiger partial charge is 0.404 e. The largest absolute Gasteiger partial charge is 0.465 e. The number of hydrogen-bond donors (Lipinski definition) is 2. The molecule has 0 bridgehead atoms. The van der Waals surface area contributed by atoms with E-state index in [2.05, 4.69) is 19.2 Å². The molecule has 0 radical (unpaired) electrons.